The lowest BCUT2D eigenvalue weighted by molar-refractivity contribution is -0.122. The van der Waals surface area contributed by atoms with E-state index >= 15 is 0 Å². The Bertz CT molecular complexity index is 460. The van der Waals surface area contributed by atoms with Gasteiger partial charge in [-0.1, -0.05) is 37.8 Å². The van der Waals surface area contributed by atoms with E-state index in [0.717, 1.165) is 31.4 Å². The molecule has 0 aliphatic heterocycles. The molecule has 0 heterocycles. The van der Waals surface area contributed by atoms with Crippen LogP contribution in [-0.4, -0.2) is 11.4 Å². The lowest BCUT2D eigenvalue weighted by Crippen LogP contribution is -2.50. The van der Waals surface area contributed by atoms with E-state index in [-0.39, 0.29) is 5.91 Å². The zero-order valence-electron chi connectivity index (χ0n) is 12.0. The van der Waals surface area contributed by atoms with Gasteiger partial charge in [-0.15, -0.1) is 0 Å². The first-order valence-corrected chi connectivity index (χ1v) is 7.77. The second kappa shape index (κ2) is 6.49. The molecule has 2 rings (SSSR count). The van der Waals surface area contributed by atoms with Crippen LogP contribution in [0.25, 0.3) is 0 Å². The Morgan fingerprint density at radius 1 is 1.35 bits per heavy atom. The van der Waals surface area contributed by atoms with E-state index < -0.39 is 5.54 Å². The van der Waals surface area contributed by atoms with E-state index in [9.17, 15) is 4.79 Å². The monoisotopic (exact) mass is 294 g/mol. The van der Waals surface area contributed by atoms with E-state index in [1.54, 1.807) is 0 Å². The first-order valence-electron chi connectivity index (χ1n) is 7.39. The average molecular weight is 295 g/mol. The second-order valence-corrected chi connectivity index (χ2v) is 6.22. The Morgan fingerprint density at radius 3 is 2.65 bits per heavy atom. The summed E-state index contributed by atoms with van der Waals surface area (Å²) in [6, 6.07) is 7.44. The predicted octanol–water partition coefficient (Wildman–Crippen LogP) is 3.97. The highest BCUT2D eigenvalue weighted by atomic mass is 35.5. The summed E-state index contributed by atoms with van der Waals surface area (Å²) in [5, 5.41) is 4.06. The molecule has 0 aromatic heterocycles. The van der Waals surface area contributed by atoms with E-state index in [4.69, 9.17) is 17.3 Å². The molecule has 1 saturated carbocycles. The summed E-state index contributed by atoms with van der Waals surface area (Å²) in [5.41, 5.74) is 6.00. The molecular weight excluding hydrogens is 272 g/mol. The molecule has 4 heteroatoms. The summed E-state index contributed by atoms with van der Waals surface area (Å²) in [4.78, 5) is 12.0. The largest absolute Gasteiger partial charge is 0.371 e. The molecule has 110 valence electrons. The Kier molecular flexibility index (Phi) is 4.92. The van der Waals surface area contributed by atoms with Crippen LogP contribution >= 0.6 is 11.6 Å². The van der Waals surface area contributed by atoms with Gasteiger partial charge in [0.1, 0.15) is 5.54 Å². The fraction of sp³-hybridized carbons (Fsp3) is 0.562. The number of primary amides is 1. The van der Waals surface area contributed by atoms with E-state index in [1.165, 1.54) is 12.8 Å². The number of halogens is 1. The van der Waals surface area contributed by atoms with Crippen LogP contribution in [0.5, 0.6) is 0 Å². The van der Waals surface area contributed by atoms with Crippen LogP contribution in [0.15, 0.2) is 24.3 Å². The lowest BCUT2D eigenvalue weighted by atomic mass is 9.88. The van der Waals surface area contributed by atoms with Gasteiger partial charge >= 0.3 is 0 Å². The van der Waals surface area contributed by atoms with Gasteiger partial charge in [-0.05, 0) is 49.4 Å². The van der Waals surface area contributed by atoms with Gasteiger partial charge in [-0.2, -0.15) is 0 Å². The van der Waals surface area contributed by atoms with E-state index in [2.05, 4.69) is 12.2 Å². The maximum atomic E-state index is 12.0. The molecule has 3 N–H and O–H groups in total. The van der Waals surface area contributed by atoms with Gasteiger partial charge in [0.05, 0.1) is 0 Å². The Labute approximate surface area is 125 Å². The van der Waals surface area contributed by atoms with Gasteiger partial charge in [-0.25, -0.2) is 0 Å². The summed E-state index contributed by atoms with van der Waals surface area (Å²) in [7, 11) is 0. The number of carbonyl (C=O) groups is 1. The fourth-order valence-corrected chi connectivity index (χ4v) is 3.19. The first-order chi connectivity index (χ1) is 9.55. The minimum Gasteiger partial charge on any atom is -0.371 e. The van der Waals surface area contributed by atoms with Crippen molar-refractivity contribution in [3.8, 4) is 0 Å². The minimum absolute atomic E-state index is 0.246. The molecular formula is C16H23ClN2O. The Hall–Kier alpha value is -1.22. The van der Waals surface area contributed by atoms with Crippen LogP contribution in [0.2, 0.25) is 5.02 Å². The number of hydrogen-bond acceptors (Lipinski definition) is 2. The topological polar surface area (TPSA) is 55.1 Å². The zero-order chi connectivity index (χ0) is 14.6. The Morgan fingerprint density at radius 2 is 2.05 bits per heavy atom. The predicted molar refractivity (Wildman–Crippen MR) is 83.9 cm³/mol. The van der Waals surface area contributed by atoms with Crippen LogP contribution in [0.3, 0.4) is 0 Å². The summed E-state index contributed by atoms with van der Waals surface area (Å²) in [6.07, 6.45) is 6.08. The molecule has 0 bridgehead atoms. The molecule has 2 atom stereocenters. The van der Waals surface area contributed by atoms with Crippen molar-refractivity contribution < 1.29 is 4.79 Å². The van der Waals surface area contributed by atoms with Crippen LogP contribution in [-0.2, 0) is 4.79 Å². The fourth-order valence-electron chi connectivity index (χ4n) is 3.06. The summed E-state index contributed by atoms with van der Waals surface area (Å²) >= 11 is 5.90. The van der Waals surface area contributed by atoms with Gasteiger partial charge in [0.25, 0.3) is 0 Å². The van der Waals surface area contributed by atoms with Crippen molar-refractivity contribution in [2.75, 3.05) is 5.32 Å². The number of nitrogens with one attached hydrogen (secondary N) is 1. The summed E-state index contributed by atoms with van der Waals surface area (Å²) < 4.78 is 0. The minimum atomic E-state index is -0.613. The maximum absolute atomic E-state index is 12.0. The molecule has 1 aromatic rings. The lowest BCUT2D eigenvalue weighted by Gasteiger charge is -2.32. The van der Waals surface area contributed by atoms with Crippen molar-refractivity contribution in [1.82, 2.24) is 0 Å². The molecule has 2 unspecified atom stereocenters. The molecule has 0 saturated heterocycles. The third-order valence-corrected chi connectivity index (χ3v) is 4.72. The molecule has 20 heavy (non-hydrogen) atoms. The smallest absolute Gasteiger partial charge is 0.243 e. The van der Waals surface area contributed by atoms with Gasteiger partial charge < -0.3 is 11.1 Å². The number of anilines is 1. The molecule has 1 fully saturated rings. The molecule has 3 nitrogen and oxygen atoms in total. The third-order valence-electron chi connectivity index (χ3n) is 4.47. The number of rotatable bonds is 4. The van der Waals surface area contributed by atoms with Crippen molar-refractivity contribution >= 4 is 23.2 Å². The van der Waals surface area contributed by atoms with Crippen molar-refractivity contribution in [3.05, 3.63) is 29.3 Å². The molecule has 0 spiro atoms. The van der Waals surface area contributed by atoms with Crippen molar-refractivity contribution in [2.24, 2.45) is 11.7 Å². The highest BCUT2D eigenvalue weighted by Crippen LogP contribution is 2.34. The van der Waals surface area contributed by atoms with Gasteiger partial charge in [-0.3, -0.25) is 4.79 Å². The van der Waals surface area contributed by atoms with Crippen LogP contribution < -0.4 is 11.1 Å². The summed E-state index contributed by atoms with van der Waals surface area (Å²) in [6.45, 7) is 2.22. The maximum Gasteiger partial charge on any atom is 0.243 e. The van der Waals surface area contributed by atoms with Gasteiger partial charge in [0.15, 0.2) is 0 Å². The van der Waals surface area contributed by atoms with Gasteiger partial charge in [0, 0.05) is 10.7 Å². The second-order valence-electron chi connectivity index (χ2n) is 5.78. The van der Waals surface area contributed by atoms with E-state index in [1.807, 2.05) is 24.3 Å². The normalized spacial score (nSPS) is 26.8. The number of nitrogens with two attached hydrogens (primary N) is 1. The molecule has 1 aliphatic carbocycles. The standard InChI is InChI=1S/C16H23ClN2O/c1-2-12-4-3-10-16(11-9-12,15(18)20)19-14-7-5-13(17)6-8-14/h5-8,12,19H,2-4,9-11H2,1H3,(H2,18,20). The molecule has 1 aromatic carbocycles. The number of hydrogen-bond donors (Lipinski definition) is 2. The van der Waals surface area contributed by atoms with Crippen molar-refractivity contribution in [3.63, 3.8) is 0 Å². The number of carbonyl (C=O) groups excluding carboxylic acids is 1. The average Bonchev–Trinajstić information content (AvgIpc) is 2.65. The van der Waals surface area contributed by atoms with Crippen LogP contribution in [0, 0.1) is 5.92 Å². The molecule has 0 radical (unpaired) electrons. The third kappa shape index (κ3) is 3.45. The van der Waals surface area contributed by atoms with Crippen molar-refractivity contribution in [1.29, 1.82) is 0 Å². The number of amides is 1. The Balaban J connectivity index is 2.17. The summed E-state index contributed by atoms with van der Waals surface area (Å²) in [5.74, 6) is 0.465. The highest BCUT2D eigenvalue weighted by Gasteiger charge is 2.38. The number of benzene rings is 1. The van der Waals surface area contributed by atoms with E-state index in [0.29, 0.717) is 10.9 Å². The van der Waals surface area contributed by atoms with Gasteiger partial charge in [0.2, 0.25) is 5.91 Å². The van der Waals surface area contributed by atoms with Crippen molar-refractivity contribution in [2.45, 2.75) is 51.0 Å². The molecule has 1 amide bonds. The first kappa shape index (κ1) is 15.2. The zero-order valence-corrected chi connectivity index (χ0v) is 12.7. The quantitative estimate of drug-likeness (QED) is 0.826. The SMILES string of the molecule is CCC1CCCC(Nc2ccc(Cl)cc2)(C(N)=O)CC1. The molecule has 1 aliphatic rings. The van der Waals surface area contributed by atoms with Crippen LogP contribution in [0.1, 0.15) is 45.4 Å². The highest BCUT2D eigenvalue weighted by molar-refractivity contribution is 6.30. The van der Waals surface area contributed by atoms with Crippen LogP contribution in [0.4, 0.5) is 5.69 Å².